The topological polar surface area (TPSA) is 21.6 Å². The van der Waals surface area contributed by atoms with Crippen molar-refractivity contribution < 1.29 is 4.74 Å². The zero-order chi connectivity index (χ0) is 5.11. The van der Waals surface area contributed by atoms with Gasteiger partial charge in [0.1, 0.15) is 6.61 Å². The Kier molecular flexibility index (Phi) is 1.11. The first-order chi connectivity index (χ1) is 3.43. The molecular formula is C5H7NO. The van der Waals surface area contributed by atoms with Crippen LogP contribution in [0.3, 0.4) is 0 Å². The van der Waals surface area contributed by atoms with Crippen LogP contribution in [-0.4, -0.2) is 19.0 Å². The third kappa shape index (κ3) is 0.796. The van der Waals surface area contributed by atoms with Crippen molar-refractivity contribution in [3.63, 3.8) is 0 Å². The molecule has 7 heavy (non-hydrogen) atoms. The quantitative estimate of drug-likeness (QED) is 0.469. The van der Waals surface area contributed by atoms with Crippen LogP contribution in [0.1, 0.15) is 0 Å². The van der Waals surface area contributed by atoms with Crippen LogP contribution in [0.25, 0.3) is 0 Å². The first kappa shape index (κ1) is 4.37. The lowest BCUT2D eigenvalue weighted by Crippen LogP contribution is -1.91. The van der Waals surface area contributed by atoms with Gasteiger partial charge in [-0.25, -0.2) is 4.99 Å². The number of hydrogen-bond acceptors (Lipinski definition) is 2. The maximum Gasteiger partial charge on any atom is 0.208 e. The number of nitrogens with zero attached hydrogens (tertiary/aromatic N) is 1. The smallest absolute Gasteiger partial charge is 0.208 e. The van der Waals surface area contributed by atoms with E-state index in [-0.39, 0.29) is 0 Å². The van der Waals surface area contributed by atoms with E-state index in [2.05, 4.69) is 11.6 Å². The summed E-state index contributed by atoms with van der Waals surface area (Å²) in [5, 5.41) is 0. The van der Waals surface area contributed by atoms with E-state index in [1.54, 1.807) is 6.08 Å². The Labute approximate surface area is 42.5 Å². The average Bonchev–Trinajstić information content (AvgIpc) is 2.14. The lowest BCUT2D eigenvalue weighted by Gasteiger charge is -1.87. The summed E-state index contributed by atoms with van der Waals surface area (Å²) in [6.45, 7) is 5.00. The predicted octanol–water partition coefficient (Wildman–Crippen LogP) is 0.601. The highest BCUT2D eigenvalue weighted by molar-refractivity contribution is 5.87. The summed E-state index contributed by atoms with van der Waals surface area (Å²) in [5.74, 6) is 0.681. The third-order valence-electron chi connectivity index (χ3n) is 0.783. The Morgan fingerprint density at radius 1 is 1.86 bits per heavy atom. The van der Waals surface area contributed by atoms with Crippen molar-refractivity contribution in [2.24, 2.45) is 4.99 Å². The van der Waals surface area contributed by atoms with Crippen LogP contribution in [0.5, 0.6) is 0 Å². The van der Waals surface area contributed by atoms with Crippen LogP contribution < -0.4 is 0 Å². The van der Waals surface area contributed by atoms with Gasteiger partial charge in [-0.2, -0.15) is 0 Å². The predicted molar refractivity (Wildman–Crippen MR) is 28.5 cm³/mol. The standard InChI is InChI=1S/C5H7NO/c1-2-5-6-3-4-7-5/h2H,1,3-4H2. The molecule has 0 unspecified atom stereocenters. The van der Waals surface area contributed by atoms with E-state index in [0.717, 1.165) is 13.2 Å². The number of rotatable bonds is 1. The summed E-state index contributed by atoms with van der Waals surface area (Å²) in [6, 6.07) is 0. The van der Waals surface area contributed by atoms with Gasteiger partial charge in [-0.05, 0) is 6.08 Å². The maximum absolute atomic E-state index is 4.93. The fraction of sp³-hybridized carbons (Fsp3) is 0.400. The molecule has 0 saturated carbocycles. The first-order valence-electron chi connectivity index (χ1n) is 2.23. The van der Waals surface area contributed by atoms with Gasteiger partial charge in [-0.3, -0.25) is 0 Å². The lowest BCUT2D eigenvalue weighted by molar-refractivity contribution is 0.350. The van der Waals surface area contributed by atoms with Gasteiger partial charge in [0.15, 0.2) is 0 Å². The third-order valence-corrected chi connectivity index (χ3v) is 0.783. The van der Waals surface area contributed by atoms with E-state index in [1.165, 1.54) is 0 Å². The van der Waals surface area contributed by atoms with Gasteiger partial charge in [0, 0.05) is 0 Å². The number of hydrogen-bond donors (Lipinski definition) is 0. The van der Waals surface area contributed by atoms with Gasteiger partial charge in [0.25, 0.3) is 0 Å². The summed E-state index contributed by atoms with van der Waals surface area (Å²) in [5.41, 5.74) is 0. The second-order valence-corrected chi connectivity index (χ2v) is 1.27. The van der Waals surface area contributed by atoms with Gasteiger partial charge >= 0.3 is 0 Å². The molecule has 2 nitrogen and oxygen atoms in total. The summed E-state index contributed by atoms with van der Waals surface area (Å²) in [4.78, 5) is 3.93. The van der Waals surface area contributed by atoms with Gasteiger partial charge in [0.05, 0.1) is 6.54 Å². The normalized spacial score (nSPS) is 18.0. The molecule has 0 aromatic heterocycles. The van der Waals surface area contributed by atoms with Crippen LogP contribution in [-0.2, 0) is 4.74 Å². The van der Waals surface area contributed by atoms with E-state index in [1.807, 2.05) is 0 Å². The van der Waals surface area contributed by atoms with Gasteiger partial charge in [0.2, 0.25) is 5.90 Å². The molecule has 0 aliphatic carbocycles. The van der Waals surface area contributed by atoms with E-state index in [9.17, 15) is 0 Å². The van der Waals surface area contributed by atoms with E-state index in [0.29, 0.717) is 5.90 Å². The van der Waals surface area contributed by atoms with E-state index in [4.69, 9.17) is 4.74 Å². The van der Waals surface area contributed by atoms with Gasteiger partial charge in [-0.1, -0.05) is 6.58 Å². The molecule has 0 bridgehead atoms. The van der Waals surface area contributed by atoms with Crippen LogP contribution >= 0.6 is 0 Å². The highest BCUT2D eigenvalue weighted by Crippen LogP contribution is 1.92. The Hall–Kier alpha value is -0.790. The molecule has 2 heteroatoms. The van der Waals surface area contributed by atoms with E-state index >= 15 is 0 Å². The zero-order valence-corrected chi connectivity index (χ0v) is 4.05. The molecule has 0 fully saturated rings. The monoisotopic (exact) mass is 97.1 g/mol. The zero-order valence-electron chi connectivity index (χ0n) is 4.05. The Balaban J connectivity index is 2.51. The lowest BCUT2D eigenvalue weighted by atomic mass is 10.6. The minimum atomic E-state index is 0.681. The molecule has 1 rings (SSSR count). The SMILES string of the molecule is C=CC1=NCCO1. The van der Waals surface area contributed by atoms with E-state index < -0.39 is 0 Å². The van der Waals surface area contributed by atoms with Crippen molar-refractivity contribution >= 4 is 5.90 Å². The van der Waals surface area contributed by atoms with Crippen LogP contribution in [0.4, 0.5) is 0 Å². The second kappa shape index (κ2) is 1.78. The largest absolute Gasteiger partial charge is 0.476 e. The molecule has 0 radical (unpaired) electrons. The minimum absolute atomic E-state index is 0.681. The van der Waals surface area contributed by atoms with Gasteiger partial charge < -0.3 is 4.74 Å². The second-order valence-electron chi connectivity index (χ2n) is 1.27. The molecule has 0 aromatic rings. The molecule has 0 N–H and O–H groups in total. The fourth-order valence-electron chi connectivity index (χ4n) is 0.475. The first-order valence-corrected chi connectivity index (χ1v) is 2.23. The summed E-state index contributed by atoms with van der Waals surface area (Å²) >= 11 is 0. The molecular weight excluding hydrogens is 90.1 g/mol. The molecule has 0 spiro atoms. The summed E-state index contributed by atoms with van der Waals surface area (Å²) < 4.78 is 4.93. The molecule has 0 atom stereocenters. The van der Waals surface area contributed by atoms with Gasteiger partial charge in [-0.15, -0.1) is 0 Å². The molecule has 1 heterocycles. The molecule has 0 saturated heterocycles. The van der Waals surface area contributed by atoms with Crippen molar-refractivity contribution in [1.29, 1.82) is 0 Å². The minimum Gasteiger partial charge on any atom is -0.476 e. The Morgan fingerprint density at radius 3 is 3.00 bits per heavy atom. The van der Waals surface area contributed by atoms with Crippen LogP contribution in [0.2, 0.25) is 0 Å². The molecule has 38 valence electrons. The molecule has 0 aromatic carbocycles. The van der Waals surface area contributed by atoms with Crippen molar-refractivity contribution in [1.82, 2.24) is 0 Å². The van der Waals surface area contributed by atoms with Crippen LogP contribution in [0, 0.1) is 0 Å². The number of ether oxygens (including phenoxy) is 1. The fourth-order valence-corrected chi connectivity index (χ4v) is 0.475. The molecule has 1 aliphatic heterocycles. The average molecular weight is 97.1 g/mol. The van der Waals surface area contributed by atoms with Crippen molar-refractivity contribution in [3.8, 4) is 0 Å². The van der Waals surface area contributed by atoms with Crippen molar-refractivity contribution in [2.45, 2.75) is 0 Å². The highest BCUT2D eigenvalue weighted by atomic mass is 16.5. The molecule has 1 aliphatic rings. The van der Waals surface area contributed by atoms with Crippen molar-refractivity contribution in [3.05, 3.63) is 12.7 Å². The Morgan fingerprint density at radius 2 is 2.71 bits per heavy atom. The summed E-state index contributed by atoms with van der Waals surface area (Å²) in [6.07, 6.45) is 1.62. The highest BCUT2D eigenvalue weighted by Gasteiger charge is 1.98. The van der Waals surface area contributed by atoms with Crippen molar-refractivity contribution in [2.75, 3.05) is 13.2 Å². The molecule has 0 amide bonds. The maximum atomic E-state index is 4.93. The van der Waals surface area contributed by atoms with Crippen LogP contribution in [0.15, 0.2) is 17.6 Å². The Bertz CT molecular complexity index is 107. The number of aliphatic imine (C=N–C) groups is 1. The summed E-state index contributed by atoms with van der Waals surface area (Å²) in [7, 11) is 0.